The predicted octanol–water partition coefficient (Wildman–Crippen LogP) is 2.60. The van der Waals surface area contributed by atoms with Crippen LogP contribution in [0.2, 0.25) is 5.02 Å². The number of hydrogen-bond donors (Lipinski definition) is 4. The Morgan fingerprint density at radius 2 is 1.91 bits per heavy atom. The molecule has 0 aromatic heterocycles. The van der Waals surface area contributed by atoms with Crippen molar-refractivity contribution < 1.29 is 9.59 Å². The van der Waals surface area contributed by atoms with Gasteiger partial charge in [0.1, 0.15) is 0 Å². The number of hydrogen-bond acceptors (Lipinski definition) is 3. The first kappa shape index (κ1) is 19.3. The molecule has 1 aromatic carbocycles. The second kappa shape index (κ2) is 8.17. The van der Waals surface area contributed by atoms with Gasteiger partial charge in [-0.25, -0.2) is 4.79 Å². The number of rotatable bonds is 5. The van der Waals surface area contributed by atoms with Gasteiger partial charge in [-0.3, -0.25) is 4.79 Å². The van der Waals surface area contributed by atoms with Crippen LogP contribution in [0.15, 0.2) is 18.2 Å². The van der Waals surface area contributed by atoms with Gasteiger partial charge in [0.2, 0.25) is 0 Å². The van der Waals surface area contributed by atoms with Gasteiger partial charge in [-0.05, 0) is 52.9 Å². The lowest BCUT2D eigenvalue weighted by atomic mass is 10.1. The van der Waals surface area contributed by atoms with Crippen LogP contribution in [0.1, 0.15) is 38.1 Å². The maximum absolute atomic E-state index is 12.2. The van der Waals surface area contributed by atoms with Crippen LogP contribution >= 0.6 is 11.6 Å². The zero-order valence-electron chi connectivity index (χ0n) is 14.2. The summed E-state index contributed by atoms with van der Waals surface area (Å²) in [6.07, 6.45) is 0. The predicted molar refractivity (Wildman–Crippen MR) is 94.2 cm³/mol. The number of amides is 3. The van der Waals surface area contributed by atoms with E-state index in [9.17, 15) is 9.59 Å². The quantitative estimate of drug-likeness (QED) is 0.665. The van der Waals surface area contributed by atoms with Crippen LogP contribution in [0, 0.1) is 0 Å². The molecule has 23 heavy (non-hydrogen) atoms. The van der Waals surface area contributed by atoms with Crippen LogP contribution in [0.25, 0.3) is 0 Å². The first-order valence-electron chi connectivity index (χ1n) is 7.46. The van der Waals surface area contributed by atoms with Crippen molar-refractivity contribution in [1.29, 1.82) is 0 Å². The molecule has 0 fully saturated rings. The lowest BCUT2D eigenvalue weighted by molar-refractivity contribution is 0.0950. The highest BCUT2D eigenvalue weighted by atomic mass is 35.5. The molecule has 0 spiro atoms. The standard InChI is InChI=1S/C16H25ClN4O2/c1-10(18-5)9-19-14(22)12-8-11(6-7-13(12)17)20-15(23)21-16(2,3)4/h6-8,10,18H,9H2,1-5H3,(H,19,22)(H2,20,21,23). The summed E-state index contributed by atoms with van der Waals surface area (Å²) in [5.41, 5.74) is 0.478. The van der Waals surface area contributed by atoms with Crippen molar-refractivity contribution in [3.05, 3.63) is 28.8 Å². The summed E-state index contributed by atoms with van der Waals surface area (Å²) in [6, 6.07) is 4.61. The van der Waals surface area contributed by atoms with Gasteiger partial charge < -0.3 is 21.3 Å². The van der Waals surface area contributed by atoms with Crippen molar-refractivity contribution >= 4 is 29.2 Å². The second-order valence-electron chi connectivity index (χ2n) is 6.42. The van der Waals surface area contributed by atoms with Crippen molar-refractivity contribution in [3.63, 3.8) is 0 Å². The van der Waals surface area contributed by atoms with Crippen molar-refractivity contribution in [2.24, 2.45) is 0 Å². The molecule has 0 aliphatic rings. The minimum Gasteiger partial charge on any atom is -0.350 e. The van der Waals surface area contributed by atoms with Gasteiger partial charge in [0, 0.05) is 23.8 Å². The molecule has 0 aliphatic heterocycles. The third-order valence-corrected chi connectivity index (χ3v) is 3.35. The van der Waals surface area contributed by atoms with Gasteiger partial charge in [0.25, 0.3) is 5.91 Å². The number of carbonyl (C=O) groups is 2. The zero-order chi connectivity index (χ0) is 17.6. The highest BCUT2D eigenvalue weighted by molar-refractivity contribution is 6.34. The molecule has 0 saturated carbocycles. The van der Waals surface area contributed by atoms with E-state index in [0.29, 0.717) is 22.8 Å². The lowest BCUT2D eigenvalue weighted by Gasteiger charge is -2.21. The highest BCUT2D eigenvalue weighted by Gasteiger charge is 2.16. The third-order valence-electron chi connectivity index (χ3n) is 3.02. The lowest BCUT2D eigenvalue weighted by Crippen LogP contribution is -2.43. The first-order chi connectivity index (χ1) is 10.6. The minimum absolute atomic E-state index is 0.150. The van der Waals surface area contributed by atoms with Gasteiger partial charge in [-0.1, -0.05) is 11.6 Å². The van der Waals surface area contributed by atoms with E-state index >= 15 is 0 Å². The molecule has 1 unspecified atom stereocenters. The largest absolute Gasteiger partial charge is 0.350 e. The number of urea groups is 1. The van der Waals surface area contributed by atoms with Crippen LogP contribution in [0.5, 0.6) is 0 Å². The SMILES string of the molecule is CNC(C)CNC(=O)c1cc(NC(=O)NC(C)(C)C)ccc1Cl. The zero-order valence-corrected chi connectivity index (χ0v) is 15.0. The van der Waals surface area contributed by atoms with Crippen molar-refractivity contribution in [1.82, 2.24) is 16.0 Å². The number of likely N-dealkylation sites (N-methyl/N-ethyl adjacent to an activating group) is 1. The minimum atomic E-state index is -0.347. The van der Waals surface area contributed by atoms with Gasteiger partial charge in [0.15, 0.2) is 0 Å². The van der Waals surface area contributed by atoms with Crippen LogP contribution in [0.3, 0.4) is 0 Å². The highest BCUT2D eigenvalue weighted by Crippen LogP contribution is 2.20. The molecule has 0 aliphatic carbocycles. The van der Waals surface area contributed by atoms with Gasteiger partial charge >= 0.3 is 6.03 Å². The summed E-state index contributed by atoms with van der Waals surface area (Å²) in [5.74, 6) is -0.281. The van der Waals surface area contributed by atoms with Crippen molar-refractivity contribution in [2.45, 2.75) is 39.3 Å². The van der Waals surface area contributed by atoms with E-state index < -0.39 is 0 Å². The number of anilines is 1. The normalized spacial score (nSPS) is 12.4. The number of carbonyl (C=O) groups excluding carboxylic acids is 2. The van der Waals surface area contributed by atoms with Crippen LogP contribution in [-0.2, 0) is 0 Å². The van der Waals surface area contributed by atoms with E-state index in [1.54, 1.807) is 18.2 Å². The molecule has 0 heterocycles. The Balaban J connectivity index is 2.79. The third kappa shape index (κ3) is 6.88. The van der Waals surface area contributed by atoms with Crippen LogP contribution in [-0.4, -0.2) is 37.1 Å². The fraction of sp³-hybridized carbons (Fsp3) is 0.500. The summed E-state index contributed by atoms with van der Waals surface area (Å²) in [5, 5.41) is 11.6. The maximum Gasteiger partial charge on any atom is 0.319 e. The Morgan fingerprint density at radius 3 is 2.48 bits per heavy atom. The maximum atomic E-state index is 12.2. The van der Waals surface area contributed by atoms with Gasteiger partial charge in [0.05, 0.1) is 10.6 Å². The molecule has 0 radical (unpaired) electrons. The van der Waals surface area contributed by atoms with E-state index in [0.717, 1.165) is 0 Å². The van der Waals surface area contributed by atoms with E-state index in [1.807, 2.05) is 34.7 Å². The van der Waals surface area contributed by atoms with Crippen molar-refractivity contribution in [2.75, 3.05) is 18.9 Å². The van der Waals surface area contributed by atoms with Crippen LogP contribution in [0.4, 0.5) is 10.5 Å². The van der Waals surface area contributed by atoms with E-state index in [1.165, 1.54) is 0 Å². The Morgan fingerprint density at radius 1 is 1.26 bits per heavy atom. The fourth-order valence-electron chi connectivity index (χ4n) is 1.72. The molecule has 1 aromatic rings. The molecular weight excluding hydrogens is 316 g/mol. The smallest absolute Gasteiger partial charge is 0.319 e. The monoisotopic (exact) mass is 340 g/mol. The van der Waals surface area contributed by atoms with Crippen molar-refractivity contribution in [3.8, 4) is 0 Å². The summed E-state index contributed by atoms with van der Waals surface area (Å²) in [4.78, 5) is 24.1. The average Bonchev–Trinajstić information content (AvgIpc) is 2.44. The second-order valence-corrected chi connectivity index (χ2v) is 6.83. The van der Waals surface area contributed by atoms with Gasteiger partial charge in [-0.2, -0.15) is 0 Å². The van der Waals surface area contributed by atoms with Gasteiger partial charge in [-0.15, -0.1) is 0 Å². The Hall–Kier alpha value is -1.79. The Labute approximate surface area is 142 Å². The number of nitrogens with one attached hydrogen (secondary N) is 4. The average molecular weight is 341 g/mol. The molecule has 0 saturated heterocycles. The molecule has 1 atom stereocenters. The Bertz CT molecular complexity index is 570. The summed E-state index contributed by atoms with van der Waals surface area (Å²) in [7, 11) is 1.82. The first-order valence-corrected chi connectivity index (χ1v) is 7.84. The van der Waals surface area contributed by atoms with E-state index in [4.69, 9.17) is 11.6 Å². The van der Waals surface area contributed by atoms with Crippen LogP contribution < -0.4 is 21.3 Å². The number of benzene rings is 1. The summed E-state index contributed by atoms with van der Waals surface area (Å²) < 4.78 is 0. The number of halogens is 1. The Kier molecular flexibility index (Phi) is 6.84. The molecule has 128 valence electrons. The summed E-state index contributed by atoms with van der Waals surface area (Å²) in [6.45, 7) is 8.09. The molecule has 4 N–H and O–H groups in total. The molecule has 1 rings (SSSR count). The molecule has 6 nitrogen and oxygen atoms in total. The molecule has 0 bridgehead atoms. The summed E-state index contributed by atoms with van der Waals surface area (Å²) >= 11 is 6.08. The van der Waals surface area contributed by atoms with E-state index in [-0.39, 0.29) is 23.5 Å². The molecular formula is C16H25ClN4O2. The molecule has 7 heteroatoms. The van der Waals surface area contributed by atoms with E-state index in [2.05, 4.69) is 21.3 Å². The molecule has 3 amide bonds. The fourth-order valence-corrected chi connectivity index (χ4v) is 1.93. The topological polar surface area (TPSA) is 82.3 Å².